The number of rotatable bonds is 8. The van der Waals surface area contributed by atoms with Gasteiger partial charge in [-0.25, -0.2) is 9.97 Å². The highest BCUT2D eigenvalue weighted by molar-refractivity contribution is 5.95. The van der Waals surface area contributed by atoms with Crippen LogP contribution < -0.4 is 20.1 Å². The van der Waals surface area contributed by atoms with Crippen molar-refractivity contribution in [1.29, 1.82) is 0 Å². The first-order chi connectivity index (χ1) is 16.6. The molecule has 0 unspecified atom stereocenters. The molecule has 0 aliphatic carbocycles. The van der Waals surface area contributed by atoms with Gasteiger partial charge in [-0.05, 0) is 43.3 Å². The van der Waals surface area contributed by atoms with Crippen LogP contribution in [0.1, 0.15) is 21.5 Å². The number of amides is 1. The van der Waals surface area contributed by atoms with Crippen LogP contribution in [0.2, 0.25) is 0 Å². The van der Waals surface area contributed by atoms with Crippen molar-refractivity contribution in [2.75, 3.05) is 19.5 Å². The molecule has 0 radical (unpaired) electrons. The Morgan fingerprint density at radius 1 is 0.912 bits per heavy atom. The summed E-state index contributed by atoms with van der Waals surface area (Å²) in [6, 6.07) is 22.8. The molecule has 0 aliphatic rings. The van der Waals surface area contributed by atoms with Crippen molar-refractivity contribution in [3.8, 4) is 22.8 Å². The lowest BCUT2D eigenvalue weighted by atomic mass is 10.1. The molecule has 0 atom stereocenters. The molecular weight excluding hydrogens is 428 g/mol. The molecule has 3 aromatic carbocycles. The SMILES string of the molecule is COc1ccc(OC)c(CNC(=O)c2cccc(Nc3cc(-c4ccc(C)cc4)ncn3)c2)c1. The van der Waals surface area contributed by atoms with Gasteiger partial charge in [0.05, 0.1) is 19.9 Å². The van der Waals surface area contributed by atoms with Crippen molar-refractivity contribution < 1.29 is 14.3 Å². The van der Waals surface area contributed by atoms with Gasteiger partial charge >= 0.3 is 0 Å². The summed E-state index contributed by atoms with van der Waals surface area (Å²) in [4.78, 5) is 21.5. The summed E-state index contributed by atoms with van der Waals surface area (Å²) >= 11 is 0. The molecule has 2 N–H and O–H groups in total. The second-order valence-electron chi connectivity index (χ2n) is 7.72. The van der Waals surface area contributed by atoms with Crippen molar-refractivity contribution in [3.63, 3.8) is 0 Å². The standard InChI is InChI=1S/C27H26N4O3/c1-18-7-9-19(10-8-18)24-15-26(30-17-29-24)31-22-6-4-5-20(13-22)27(32)28-16-21-14-23(33-2)11-12-25(21)34-3/h4-15,17H,16H2,1-3H3,(H,28,32)(H,29,30,31). The maximum Gasteiger partial charge on any atom is 0.251 e. The number of nitrogens with zero attached hydrogens (tertiary/aromatic N) is 2. The highest BCUT2D eigenvalue weighted by Gasteiger charge is 2.10. The van der Waals surface area contributed by atoms with E-state index in [0.717, 1.165) is 22.5 Å². The lowest BCUT2D eigenvalue weighted by Crippen LogP contribution is -2.23. The number of carbonyl (C=O) groups is 1. The fourth-order valence-corrected chi connectivity index (χ4v) is 3.49. The number of aromatic nitrogens is 2. The smallest absolute Gasteiger partial charge is 0.251 e. The molecule has 7 heteroatoms. The molecule has 0 saturated heterocycles. The highest BCUT2D eigenvalue weighted by Crippen LogP contribution is 2.24. The van der Waals surface area contributed by atoms with Crippen LogP contribution in [0.15, 0.2) is 79.1 Å². The fraction of sp³-hybridized carbons (Fsp3) is 0.148. The summed E-state index contributed by atoms with van der Waals surface area (Å²) in [5.41, 5.74) is 5.13. The molecule has 172 valence electrons. The van der Waals surface area contributed by atoms with Gasteiger partial charge < -0.3 is 20.1 Å². The van der Waals surface area contributed by atoms with E-state index in [1.807, 2.05) is 67.6 Å². The van der Waals surface area contributed by atoms with Crippen molar-refractivity contribution in [3.05, 3.63) is 95.8 Å². The number of aryl methyl sites for hydroxylation is 1. The molecule has 0 spiro atoms. The predicted molar refractivity (Wildman–Crippen MR) is 133 cm³/mol. The minimum absolute atomic E-state index is 0.198. The lowest BCUT2D eigenvalue weighted by Gasteiger charge is -2.12. The normalized spacial score (nSPS) is 10.4. The third kappa shape index (κ3) is 5.50. The fourth-order valence-electron chi connectivity index (χ4n) is 3.49. The van der Waals surface area contributed by atoms with Gasteiger partial charge in [0.25, 0.3) is 5.91 Å². The summed E-state index contributed by atoms with van der Waals surface area (Å²) in [5, 5.41) is 6.20. The van der Waals surface area contributed by atoms with Crippen LogP contribution in [0.3, 0.4) is 0 Å². The summed E-state index contributed by atoms with van der Waals surface area (Å²) in [7, 11) is 3.20. The Kier molecular flexibility index (Phi) is 7.03. The monoisotopic (exact) mass is 454 g/mol. The number of methoxy groups -OCH3 is 2. The van der Waals surface area contributed by atoms with Gasteiger partial charge in [-0.1, -0.05) is 35.9 Å². The molecule has 0 bridgehead atoms. The Morgan fingerprint density at radius 3 is 2.50 bits per heavy atom. The van der Waals surface area contributed by atoms with Gasteiger partial charge in [-0.3, -0.25) is 4.79 Å². The largest absolute Gasteiger partial charge is 0.497 e. The molecular formula is C27H26N4O3. The zero-order valence-corrected chi connectivity index (χ0v) is 19.3. The number of ether oxygens (including phenoxy) is 2. The van der Waals surface area contributed by atoms with Crippen LogP contribution in [0, 0.1) is 6.92 Å². The Balaban J connectivity index is 1.46. The Bertz CT molecular complexity index is 1290. The number of hydrogen-bond acceptors (Lipinski definition) is 6. The zero-order chi connectivity index (χ0) is 23.9. The second-order valence-corrected chi connectivity index (χ2v) is 7.72. The first kappa shape index (κ1) is 22.8. The number of carbonyl (C=O) groups excluding carboxylic acids is 1. The van der Waals surface area contributed by atoms with E-state index < -0.39 is 0 Å². The Labute approximate surface area is 198 Å². The third-order valence-electron chi connectivity index (χ3n) is 5.34. The van der Waals surface area contributed by atoms with E-state index in [0.29, 0.717) is 29.4 Å². The number of hydrogen-bond donors (Lipinski definition) is 2. The van der Waals surface area contributed by atoms with E-state index in [1.54, 1.807) is 26.4 Å². The lowest BCUT2D eigenvalue weighted by molar-refractivity contribution is 0.0950. The molecule has 4 aromatic rings. The maximum absolute atomic E-state index is 12.8. The van der Waals surface area contributed by atoms with Crippen LogP contribution in [0.5, 0.6) is 11.5 Å². The minimum Gasteiger partial charge on any atom is -0.497 e. The van der Waals surface area contributed by atoms with Crippen LogP contribution in [0.25, 0.3) is 11.3 Å². The first-order valence-electron chi connectivity index (χ1n) is 10.8. The van der Waals surface area contributed by atoms with Crippen molar-refractivity contribution >= 4 is 17.4 Å². The van der Waals surface area contributed by atoms with Crippen molar-refractivity contribution in [2.45, 2.75) is 13.5 Å². The minimum atomic E-state index is -0.198. The van der Waals surface area contributed by atoms with Crippen LogP contribution in [-0.4, -0.2) is 30.1 Å². The van der Waals surface area contributed by atoms with E-state index in [4.69, 9.17) is 9.47 Å². The van der Waals surface area contributed by atoms with Crippen LogP contribution >= 0.6 is 0 Å². The van der Waals surface area contributed by atoms with Gasteiger partial charge in [0, 0.05) is 35.0 Å². The topological polar surface area (TPSA) is 85.4 Å². The Hall–Kier alpha value is -4.39. The van der Waals surface area contributed by atoms with Gasteiger partial charge in [-0.2, -0.15) is 0 Å². The molecule has 1 aromatic heterocycles. The average molecular weight is 455 g/mol. The summed E-state index contributed by atoms with van der Waals surface area (Å²) in [6.45, 7) is 2.36. The predicted octanol–water partition coefficient (Wildman–Crippen LogP) is 5.14. The molecule has 0 fully saturated rings. The first-order valence-corrected chi connectivity index (χ1v) is 10.8. The maximum atomic E-state index is 12.8. The molecule has 1 heterocycles. The van der Waals surface area contributed by atoms with Gasteiger partial charge in [0.2, 0.25) is 0 Å². The summed E-state index contributed by atoms with van der Waals surface area (Å²) in [5.74, 6) is 1.83. The summed E-state index contributed by atoms with van der Waals surface area (Å²) < 4.78 is 10.7. The molecule has 7 nitrogen and oxygen atoms in total. The van der Waals surface area contributed by atoms with E-state index in [9.17, 15) is 4.79 Å². The molecule has 0 aliphatic heterocycles. The van der Waals surface area contributed by atoms with Crippen LogP contribution in [0.4, 0.5) is 11.5 Å². The van der Waals surface area contributed by atoms with E-state index in [-0.39, 0.29) is 5.91 Å². The van der Waals surface area contributed by atoms with E-state index >= 15 is 0 Å². The molecule has 34 heavy (non-hydrogen) atoms. The second kappa shape index (κ2) is 10.5. The quantitative estimate of drug-likeness (QED) is 0.383. The average Bonchev–Trinajstić information content (AvgIpc) is 2.87. The molecule has 0 saturated carbocycles. The summed E-state index contributed by atoms with van der Waals surface area (Å²) in [6.07, 6.45) is 1.52. The Morgan fingerprint density at radius 2 is 1.74 bits per heavy atom. The van der Waals surface area contributed by atoms with Gasteiger partial charge in [-0.15, -0.1) is 0 Å². The van der Waals surface area contributed by atoms with Crippen LogP contribution in [-0.2, 0) is 6.54 Å². The number of nitrogens with one attached hydrogen (secondary N) is 2. The van der Waals surface area contributed by atoms with Crippen molar-refractivity contribution in [2.24, 2.45) is 0 Å². The van der Waals surface area contributed by atoms with Gasteiger partial charge in [0.1, 0.15) is 23.6 Å². The highest BCUT2D eigenvalue weighted by atomic mass is 16.5. The number of benzene rings is 3. The zero-order valence-electron chi connectivity index (χ0n) is 19.3. The van der Waals surface area contributed by atoms with Gasteiger partial charge in [0.15, 0.2) is 0 Å². The molecule has 4 rings (SSSR count). The number of anilines is 2. The van der Waals surface area contributed by atoms with E-state index in [1.165, 1.54) is 11.9 Å². The third-order valence-corrected chi connectivity index (χ3v) is 5.34. The van der Waals surface area contributed by atoms with E-state index in [2.05, 4.69) is 20.6 Å². The molecule has 1 amide bonds. The van der Waals surface area contributed by atoms with Crippen molar-refractivity contribution in [1.82, 2.24) is 15.3 Å².